The molecule has 30 heavy (non-hydrogen) atoms. The maximum atomic E-state index is 12.1. The number of aliphatic imine (C=N–C) groups is 1. The minimum atomic E-state index is 0.0826. The van der Waals surface area contributed by atoms with Crippen LogP contribution in [-0.2, 0) is 4.79 Å². The Labute approximate surface area is 181 Å². The predicted molar refractivity (Wildman–Crippen MR) is 124 cm³/mol. The van der Waals surface area contributed by atoms with Crippen LogP contribution in [-0.4, -0.2) is 80.6 Å². The van der Waals surface area contributed by atoms with Crippen molar-refractivity contribution in [2.75, 3.05) is 64.2 Å². The van der Waals surface area contributed by atoms with Crippen molar-refractivity contribution in [1.29, 1.82) is 0 Å². The van der Waals surface area contributed by atoms with Crippen molar-refractivity contribution >= 4 is 17.6 Å². The van der Waals surface area contributed by atoms with Gasteiger partial charge >= 0.3 is 0 Å². The summed E-state index contributed by atoms with van der Waals surface area (Å²) in [6.07, 6.45) is 0.504. The van der Waals surface area contributed by atoms with E-state index in [1.165, 1.54) is 18.7 Å². The van der Waals surface area contributed by atoms with Gasteiger partial charge in [0.2, 0.25) is 5.91 Å². The number of amides is 1. The van der Waals surface area contributed by atoms with Gasteiger partial charge in [-0.15, -0.1) is 0 Å². The van der Waals surface area contributed by atoms with Gasteiger partial charge in [0, 0.05) is 70.4 Å². The minimum absolute atomic E-state index is 0.0826. The number of likely N-dealkylation sites (N-methyl/N-ethyl adjacent to an activating group) is 1. The highest BCUT2D eigenvalue weighted by atomic mass is 16.1. The first kappa shape index (κ1) is 22.6. The molecule has 2 aliphatic heterocycles. The third-order valence-corrected chi connectivity index (χ3v) is 6.01. The first-order valence-corrected chi connectivity index (χ1v) is 11.4. The fourth-order valence-corrected chi connectivity index (χ4v) is 4.28. The minimum Gasteiger partial charge on any atom is -0.357 e. The van der Waals surface area contributed by atoms with Crippen LogP contribution < -0.4 is 16.0 Å². The number of para-hydroxylation sites is 1. The standard InChI is InChI=1S/C23H38N6O/c1-4-24-23(25-15-18(3)17-29-12-10-28(5-2)11-13-29)26-16-19-14-22(30)27-21-9-7-6-8-20(19)21/h6-9,18-19H,4-5,10-17H2,1-3H3,(H,27,30)(H2,24,25,26). The topological polar surface area (TPSA) is 72.0 Å². The van der Waals surface area contributed by atoms with E-state index in [4.69, 9.17) is 4.99 Å². The van der Waals surface area contributed by atoms with Gasteiger partial charge in [-0.2, -0.15) is 0 Å². The monoisotopic (exact) mass is 414 g/mol. The molecule has 3 rings (SSSR count). The van der Waals surface area contributed by atoms with Crippen LogP contribution in [0.2, 0.25) is 0 Å². The summed E-state index contributed by atoms with van der Waals surface area (Å²) in [6, 6.07) is 8.07. The molecule has 166 valence electrons. The Morgan fingerprint density at radius 3 is 2.63 bits per heavy atom. The summed E-state index contributed by atoms with van der Waals surface area (Å²) in [5.74, 6) is 1.59. The molecule has 3 N–H and O–H groups in total. The second-order valence-corrected chi connectivity index (χ2v) is 8.48. The lowest BCUT2D eigenvalue weighted by molar-refractivity contribution is -0.116. The number of rotatable bonds is 8. The molecule has 0 spiro atoms. The lowest BCUT2D eigenvalue weighted by Crippen LogP contribution is -2.47. The van der Waals surface area contributed by atoms with Crippen molar-refractivity contribution in [2.45, 2.75) is 33.1 Å². The number of fused-ring (bicyclic) bond motifs is 1. The molecule has 0 aliphatic carbocycles. The molecule has 2 aliphatic rings. The zero-order valence-corrected chi connectivity index (χ0v) is 18.8. The molecule has 1 amide bonds. The van der Waals surface area contributed by atoms with Gasteiger partial charge in [0.25, 0.3) is 0 Å². The number of piperazine rings is 1. The average Bonchev–Trinajstić information content (AvgIpc) is 2.76. The summed E-state index contributed by atoms with van der Waals surface area (Å²) in [4.78, 5) is 22.0. The van der Waals surface area contributed by atoms with E-state index in [9.17, 15) is 4.79 Å². The number of hydrogen-bond donors (Lipinski definition) is 3. The largest absolute Gasteiger partial charge is 0.357 e. The van der Waals surface area contributed by atoms with E-state index in [-0.39, 0.29) is 11.8 Å². The smallest absolute Gasteiger partial charge is 0.225 e. The zero-order chi connectivity index (χ0) is 21.3. The Kier molecular flexibility index (Phi) is 8.51. The molecule has 2 atom stereocenters. The lowest BCUT2D eigenvalue weighted by atomic mass is 9.90. The molecule has 0 aromatic heterocycles. The van der Waals surface area contributed by atoms with E-state index < -0.39 is 0 Å². The normalized spacial score (nSPS) is 21.6. The van der Waals surface area contributed by atoms with Crippen LogP contribution in [0, 0.1) is 5.92 Å². The van der Waals surface area contributed by atoms with E-state index >= 15 is 0 Å². The molecule has 0 saturated carbocycles. The van der Waals surface area contributed by atoms with Gasteiger partial charge in [-0.3, -0.25) is 9.79 Å². The molecule has 2 unspecified atom stereocenters. The highest BCUT2D eigenvalue weighted by Gasteiger charge is 2.24. The molecular formula is C23H38N6O. The first-order valence-electron chi connectivity index (χ1n) is 11.4. The van der Waals surface area contributed by atoms with E-state index in [0.29, 0.717) is 18.9 Å². The molecular weight excluding hydrogens is 376 g/mol. The number of guanidine groups is 1. The van der Waals surface area contributed by atoms with Crippen molar-refractivity contribution in [1.82, 2.24) is 20.4 Å². The Bertz CT molecular complexity index is 713. The van der Waals surface area contributed by atoms with E-state index in [2.05, 4.69) is 52.6 Å². The van der Waals surface area contributed by atoms with Gasteiger partial charge in [0.05, 0.1) is 0 Å². The third kappa shape index (κ3) is 6.44. The van der Waals surface area contributed by atoms with Gasteiger partial charge in [0.15, 0.2) is 5.96 Å². The molecule has 7 nitrogen and oxygen atoms in total. The fourth-order valence-electron chi connectivity index (χ4n) is 4.28. The molecule has 0 bridgehead atoms. The number of anilines is 1. The Hall–Kier alpha value is -2.12. The molecule has 7 heteroatoms. The summed E-state index contributed by atoms with van der Waals surface area (Å²) in [5, 5.41) is 9.78. The van der Waals surface area contributed by atoms with E-state index in [1.54, 1.807) is 0 Å². The van der Waals surface area contributed by atoms with Crippen molar-refractivity contribution in [3.8, 4) is 0 Å². The van der Waals surface area contributed by atoms with Crippen molar-refractivity contribution in [3.63, 3.8) is 0 Å². The van der Waals surface area contributed by atoms with Gasteiger partial charge < -0.3 is 25.8 Å². The third-order valence-electron chi connectivity index (χ3n) is 6.01. The van der Waals surface area contributed by atoms with E-state index in [0.717, 1.165) is 50.9 Å². The molecule has 0 radical (unpaired) electrons. The van der Waals surface area contributed by atoms with E-state index in [1.807, 2.05) is 18.2 Å². The number of carbonyl (C=O) groups excluding carboxylic acids is 1. The number of nitrogens with one attached hydrogen (secondary N) is 3. The lowest BCUT2D eigenvalue weighted by Gasteiger charge is -2.35. The summed E-state index contributed by atoms with van der Waals surface area (Å²) < 4.78 is 0. The number of carbonyl (C=O) groups is 1. The summed E-state index contributed by atoms with van der Waals surface area (Å²) in [5.41, 5.74) is 2.12. The maximum absolute atomic E-state index is 12.1. The van der Waals surface area contributed by atoms with Crippen LogP contribution in [0.3, 0.4) is 0 Å². The summed E-state index contributed by atoms with van der Waals surface area (Å²) in [7, 11) is 0. The van der Waals surface area contributed by atoms with Gasteiger partial charge in [-0.25, -0.2) is 0 Å². The van der Waals surface area contributed by atoms with Gasteiger partial charge in [0.1, 0.15) is 0 Å². The zero-order valence-electron chi connectivity index (χ0n) is 18.8. The predicted octanol–water partition coefficient (Wildman–Crippen LogP) is 1.94. The second kappa shape index (κ2) is 11.3. The Balaban J connectivity index is 1.50. The number of nitrogens with zero attached hydrogens (tertiary/aromatic N) is 3. The van der Waals surface area contributed by atoms with Crippen LogP contribution in [0.5, 0.6) is 0 Å². The van der Waals surface area contributed by atoms with Crippen LogP contribution in [0.1, 0.15) is 38.7 Å². The van der Waals surface area contributed by atoms with Crippen molar-refractivity contribution in [2.24, 2.45) is 10.9 Å². The quantitative estimate of drug-likeness (QED) is 0.448. The van der Waals surface area contributed by atoms with Crippen LogP contribution in [0.15, 0.2) is 29.3 Å². The van der Waals surface area contributed by atoms with Crippen molar-refractivity contribution < 1.29 is 4.79 Å². The van der Waals surface area contributed by atoms with Gasteiger partial charge in [-0.1, -0.05) is 32.0 Å². The van der Waals surface area contributed by atoms with Crippen molar-refractivity contribution in [3.05, 3.63) is 29.8 Å². The highest BCUT2D eigenvalue weighted by molar-refractivity contribution is 5.94. The molecule has 1 saturated heterocycles. The highest BCUT2D eigenvalue weighted by Crippen LogP contribution is 2.31. The number of benzene rings is 1. The first-order chi connectivity index (χ1) is 14.6. The molecule has 2 heterocycles. The second-order valence-electron chi connectivity index (χ2n) is 8.48. The van der Waals surface area contributed by atoms with Crippen LogP contribution >= 0.6 is 0 Å². The average molecular weight is 415 g/mol. The van der Waals surface area contributed by atoms with Crippen LogP contribution in [0.25, 0.3) is 0 Å². The number of hydrogen-bond acceptors (Lipinski definition) is 4. The SMILES string of the molecule is CCNC(=NCC(C)CN1CCN(CC)CC1)NCC1CC(=O)Nc2ccccc21. The van der Waals surface area contributed by atoms with Crippen LogP contribution in [0.4, 0.5) is 5.69 Å². The Morgan fingerprint density at radius 1 is 1.17 bits per heavy atom. The summed E-state index contributed by atoms with van der Waals surface area (Å²) in [6.45, 7) is 15.8. The molecule has 1 aromatic carbocycles. The summed E-state index contributed by atoms with van der Waals surface area (Å²) >= 11 is 0. The maximum Gasteiger partial charge on any atom is 0.225 e. The molecule has 1 fully saturated rings. The fraction of sp³-hybridized carbons (Fsp3) is 0.652. The molecule has 1 aromatic rings. The Morgan fingerprint density at radius 2 is 1.90 bits per heavy atom. The van der Waals surface area contributed by atoms with Gasteiger partial charge in [-0.05, 0) is 31.0 Å².